The fraction of sp³-hybridized carbons (Fsp3) is 0.222. The van der Waals surface area contributed by atoms with Crippen LogP contribution in [0.1, 0.15) is 5.56 Å². The first kappa shape index (κ1) is 8.07. The number of hydrogen-bond acceptors (Lipinski definition) is 3. The van der Waals surface area contributed by atoms with Crippen molar-refractivity contribution in [3.63, 3.8) is 0 Å². The van der Waals surface area contributed by atoms with Crippen molar-refractivity contribution in [3.8, 4) is 6.01 Å². The van der Waals surface area contributed by atoms with Gasteiger partial charge in [0.1, 0.15) is 0 Å². The summed E-state index contributed by atoms with van der Waals surface area (Å²) < 4.78 is 4.99. The number of ether oxygens (including phenoxy) is 1. The van der Waals surface area contributed by atoms with E-state index in [9.17, 15) is 0 Å². The number of hydrogen-bond donors (Lipinski definition) is 2. The van der Waals surface area contributed by atoms with Crippen LogP contribution in [0.4, 0.5) is 0 Å². The maximum absolute atomic E-state index is 5.57. The fourth-order valence-electron chi connectivity index (χ4n) is 1.33. The van der Waals surface area contributed by atoms with Gasteiger partial charge in [0, 0.05) is 6.54 Å². The maximum atomic E-state index is 5.57. The number of para-hydroxylation sites is 1. The van der Waals surface area contributed by atoms with Gasteiger partial charge in [0.25, 0.3) is 6.01 Å². The highest BCUT2D eigenvalue weighted by molar-refractivity contribution is 5.79. The lowest BCUT2D eigenvalue weighted by atomic mass is 10.2. The van der Waals surface area contributed by atoms with E-state index in [4.69, 9.17) is 10.5 Å². The smallest absolute Gasteiger partial charge is 0.294 e. The predicted molar refractivity (Wildman–Crippen MR) is 50.5 cm³/mol. The lowest BCUT2D eigenvalue weighted by Crippen LogP contribution is -1.96. The molecule has 1 aromatic heterocycles. The number of methoxy groups -OCH3 is 1. The van der Waals surface area contributed by atoms with Crippen molar-refractivity contribution in [2.24, 2.45) is 5.73 Å². The van der Waals surface area contributed by atoms with Gasteiger partial charge in [0.15, 0.2) is 0 Å². The van der Waals surface area contributed by atoms with E-state index in [1.165, 1.54) is 0 Å². The Kier molecular flexibility index (Phi) is 1.90. The molecule has 0 saturated carbocycles. The molecule has 4 heteroatoms. The first-order valence-electron chi connectivity index (χ1n) is 4.07. The third-order valence-corrected chi connectivity index (χ3v) is 1.99. The number of imidazole rings is 1. The molecule has 68 valence electrons. The molecule has 13 heavy (non-hydrogen) atoms. The van der Waals surface area contributed by atoms with E-state index in [2.05, 4.69) is 9.97 Å². The number of rotatable bonds is 2. The largest absolute Gasteiger partial charge is 0.468 e. The normalized spacial score (nSPS) is 10.6. The van der Waals surface area contributed by atoms with Crippen molar-refractivity contribution >= 4 is 11.0 Å². The Balaban J connectivity index is 2.67. The lowest BCUT2D eigenvalue weighted by molar-refractivity contribution is 0.386. The summed E-state index contributed by atoms with van der Waals surface area (Å²) in [5.41, 5.74) is 8.45. The molecule has 0 saturated heterocycles. The van der Waals surface area contributed by atoms with Gasteiger partial charge < -0.3 is 15.5 Å². The van der Waals surface area contributed by atoms with Gasteiger partial charge >= 0.3 is 0 Å². The third-order valence-electron chi connectivity index (χ3n) is 1.99. The summed E-state index contributed by atoms with van der Waals surface area (Å²) >= 11 is 0. The number of aromatic amines is 1. The average Bonchev–Trinajstić information content (AvgIpc) is 2.59. The molecule has 0 fully saturated rings. The Morgan fingerprint density at radius 1 is 1.54 bits per heavy atom. The molecule has 0 radical (unpaired) electrons. The molecule has 1 heterocycles. The van der Waals surface area contributed by atoms with E-state index in [1.54, 1.807) is 7.11 Å². The molecule has 4 nitrogen and oxygen atoms in total. The van der Waals surface area contributed by atoms with Gasteiger partial charge in [0.05, 0.1) is 18.1 Å². The van der Waals surface area contributed by atoms with Gasteiger partial charge in [-0.1, -0.05) is 12.1 Å². The van der Waals surface area contributed by atoms with Gasteiger partial charge in [0.2, 0.25) is 0 Å². The Labute approximate surface area is 75.7 Å². The van der Waals surface area contributed by atoms with Crippen molar-refractivity contribution in [1.29, 1.82) is 0 Å². The summed E-state index contributed by atoms with van der Waals surface area (Å²) in [6.45, 7) is 0.491. The highest BCUT2D eigenvalue weighted by Crippen LogP contribution is 2.18. The van der Waals surface area contributed by atoms with Gasteiger partial charge in [-0.25, -0.2) is 0 Å². The van der Waals surface area contributed by atoms with Gasteiger partial charge in [-0.3, -0.25) is 0 Å². The van der Waals surface area contributed by atoms with Crippen LogP contribution in [0.3, 0.4) is 0 Å². The standard InChI is InChI=1S/C9H11N3O/c1-13-9-11-7-4-2-3-6(5-10)8(7)12-9/h2-4H,5,10H2,1H3,(H,11,12). The molecule has 2 rings (SSSR count). The van der Waals surface area contributed by atoms with Crippen LogP contribution < -0.4 is 10.5 Å². The minimum atomic E-state index is 0.491. The molecule has 0 aliphatic rings. The molecule has 0 bridgehead atoms. The molecule has 0 aliphatic carbocycles. The zero-order valence-electron chi connectivity index (χ0n) is 7.37. The topological polar surface area (TPSA) is 63.9 Å². The van der Waals surface area contributed by atoms with Crippen molar-refractivity contribution in [2.45, 2.75) is 6.54 Å². The van der Waals surface area contributed by atoms with Crippen LogP contribution in [0.25, 0.3) is 11.0 Å². The number of H-pyrrole nitrogens is 1. The van der Waals surface area contributed by atoms with Crippen molar-refractivity contribution < 1.29 is 4.74 Å². The number of aromatic nitrogens is 2. The molecule has 0 atom stereocenters. The Morgan fingerprint density at radius 2 is 2.38 bits per heavy atom. The van der Waals surface area contributed by atoms with Crippen LogP contribution in [0.2, 0.25) is 0 Å². The van der Waals surface area contributed by atoms with Crippen molar-refractivity contribution in [2.75, 3.05) is 7.11 Å². The SMILES string of the molecule is COc1nc2c(CN)cccc2[nH]1. The molecule has 0 spiro atoms. The van der Waals surface area contributed by atoms with Crippen LogP contribution in [0, 0.1) is 0 Å². The Hall–Kier alpha value is -1.55. The number of nitrogens with one attached hydrogen (secondary N) is 1. The van der Waals surface area contributed by atoms with Crippen LogP contribution >= 0.6 is 0 Å². The Bertz CT molecular complexity index is 422. The van der Waals surface area contributed by atoms with E-state index >= 15 is 0 Å². The minimum absolute atomic E-state index is 0.491. The molecular formula is C9H11N3O. The maximum Gasteiger partial charge on any atom is 0.294 e. The van der Waals surface area contributed by atoms with Gasteiger partial charge in [-0.05, 0) is 11.6 Å². The minimum Gasteiger partial charge on any atom is -0.468 e. The molecule has 0 unspecified atom stereocenters. The van der Waals surface area contributed by atoms with Crippen LogP contribution in [0.15, 0.2) is 18.2 Å². The Morgan fingerprint density at radius 3 is 3.08 bits per heavy atom. The monoisotopic (exact) mass is 177 g/mol. The van der Waals surface area contributed by atoms with Crippen molar-refractivity contribution in [1.82, 2.24) is 9.97 Å². The van der Waals surface area contributed by atoms with Gasteiger partial charge in [-0.15, -0.1) is 0 Å². The van der Waals surface area contributed by atoms with Crippen LogP contribution in [0.5, 0.6) is 6.01 Å². The molecular weight excluding hydrogens is 166 g/mol. The highest BCUT2D eigenvalue weighted by Gasteiger charge is 2.05. The van der Waals surface area contributed by atoms with Crippen LogP contribution in [-0.2, 0) is 6.54 Å². The lowest BCUT2D eigenvalue weighted by Gasteiger charge is -1.95. The summed E-state index contributed by atoms with van der Waals surface area (Å²) in [4.78, 5) is 7.28. The number of nitrogens with zero attached hydrogens (tertiary/aromatic N) is 1. The summed E-state index contributed by atoms with van der Waals surface area (Å²) in [5, 5.41) is 0. The van der Waals surface area contributed by atoms with E-state index in [0.717, 1.165) is 16.6 Å². The quantitative estimate of drug-likeness (QED) is 0.720. The molecule has 1 aromatic carbocycles. The van der Waals surface area contributed by atoms with Gasteiger partial charge in [-0.2, -0.15) is 4.98 Å². The van der Waals surface area contributed by atoms with E-state index in [-0.39, 0.29) is 0 Å². The number of benzene rings is 1. The summed E-state index contributed by atoms with van der Waals surface area (Å²) in [5.74, 6) is 0. The first-order valence-corrected chi connectivity index (χ1v) is 4.07. The third kappa shape index (κ3) is 1.25. The second-order valence-corrected chi connectivity index (χ2v) is 2.76. The molecule has 0 aliphatic heterocycles. The van der Waals surface area contributed by atoms with Crippen molar-refractivity contribution in [3.05, 3.63) is 23.8 Å². The van der Waals surface area contributed by atoms with E-state index in [1.807, 2.05) is 18.2 Å². The number of fused-ring (bicyclic) bond motifs is 1. The van der Waals surface area contributed by atoms with Crippen LogP contribution in [-0.4, -0.2) is 17.1 Å². The number of nitrogens with two attached hydrogens (primary N) is 1. The molecule has 2 aromatic rings. The first-order chi connectivity index (χ1) is 6.35. The molecule has 0 amide bonds. The average molecular weight is 177 g/mol. The summed E-state index contributed by atoms with van der Waals surface area (Å²) in [7, 11) is 1.58. The second kappa shape index (κ2) is 3.06. The zero-order chi connectivity index (χ0) is 9.26. The van der Waals surface area contributed by atoms with E-state index < -0.39 is 0 Å². The summed E-state index contributed by atoms with van der Waals surface area (Å²) in [6, 6.07) is 6.38. The fourth-order valence-corrected chi connectivity index (χ4v) is 1.33. The molecule has 3 N–H and O–H groups in total. The zero-order valence-corrected chi connectivity index (χ0v) is 7.37. The highest BCUT2D eigenvalue weighted by atomic mass is 16.5. The second-order valence-electron chi connectivity index (χ2n) is 2.76. The summed E-state index contributed by atoms with van der Waals surface area (Å²) in [6.07, 6.45) is 0. The predicted octanol–water partition coefficient (Wildman–Crippen LogP) is 1.03. The van der Waals surface area contributed by atoms with E-state index in [0.29, 0.717) is 12.6 Å².